The van der Waals surface area contributed by atoms with E-state index in [0.717, 1.165) is 6.07 Å². The lowest BCUT2D eigenvalue weighted by Crippen LogP contribution is -2.14. The van der Waals surface area contributed by atoms with Crippen LogP contribution in [-0.4, -0.2) is 25.9 Å². The predicted molar refractivity (Wildman–Crippen MR) is 121 cm³/mol. The summed E-state index contributed by atoms with van der Waals surface area (Å²) in [7, 11) is 0. The zero-order valence-corrected chi connectivity index (χ0v) is 18.4. The van der Waals surface area contributed by atoms with Crippen molar-refractivity contribution in [1.29, 1.82) is 0 Å². The molecule has 0 fully saturated rings. The Bertz CT molecular complexity index is 1430. The zero-order chi connectivity index (χ0) is 23.5. The van der Waals surface area contributed by atoms with Gasteiger partial charge in [-0.3, -0.25) is 4.79 Å². The Morgan fingerprint density at radius 1 is 1.03 bits per heavy atom. The van der Waals surface area contributed by atoms with Gasteiger partial charge in [0.25, 0.3) is 5.91 Å². The number of carbonyl (C=O) groups excluding carboxylic acids is 1. The number of aromatic nitrogens is 4. The Morgan fingerprint density at radius 2 is 1.79 bits per heavy atom. The number of hydrogen-bond donors (Lipinski definition) is 1. The number of anilines is 1. The zero-order valence-electron chi connectivity index (χ0n) is 16.9. The van der Waals surface area contributed by atoms with Gasteiger partial charge in [-0.2, -0.15) is 10.2 Å². The highest BCUT2D eigenvalue weighted by Crippen LogP contribution is 2.32. The Labute approximate surface area is 197 Å². The molecule has 0 unspecified atom stereocenters. The molecule has 10 heteroatoms. The van der Waals surface area contributed by atoms with Gasteiger partial charge in [-0.15, -0.1) is 10.7 Å². The Morgan fingerprint density at radius 3 is 2.48 bits per heavy atom. The molecule has 6 nitrogen and oxygen atoms in total. The normalized spacial score (nSPS) is 10.5. The van der Waals surface area contributed by atoms with Crippen LogP contribution in [0, 0.1) is 23.5 Å². The maximum Gasteiger partial charge on any atom is 0.257 e. The number of pyridine rings is 1. The van der Waals surface area contributed by atoms with Gasteiger partial charge in [0.05, 0.1) is 39.9 Å². The molecule has 0 atom stereocenters. The number of halogens is 4. The van der Waals surface area contributed by atoms with Crippen molar-refractivity contribution in [3.63, 3.8) is 0 Å². The van der Waals surface area contributed by atoms with Gasteiger partial charge in [0, 0.05) is 16.7 Å². The van der Waals surface area contributed by atoms with E-state index in [0.29, 0.717) is 11.1 Å². The maximum absolute atomic E-state index is 15.0. The molecular weight excluding hydrogens is 471 g/mol. The van der Waals surface area contributed by atoms with E-state index in [9.17, 15) is 13.6 Å². The summed E-state index contributed by atoms with van der Waals surface area (Å²) >= 11 is 12.5. The van der Waals surface area contributed by atoms with Gasteiger partial charge in [-0.1, -0.05) is 35.2 Å². The van der Waals surface area contributed by atoms with Crippen molar-refractivity contribution in [3.05, 3.63) is 87.8 Å². The van der Waals surface area contributed by atoms with Crippen LogP contribution in [0.5, 0.6) is 0 Å². The first-order valence-corrected chi connectivity index (χ1v) is 10.2. The Kier molecular flexibility index (Phi) is 6.36. The molecule has 0 saturated heterocycles. The fourth-order valence-corrected chi connectivity index (χ4v) is 3.58. The summed E-state index contributed by atoms with van der Waals surface area (Å²) in [5, 5.41) is 10.7. The second-order valence-electron chi connectivity index (χ2n) is 6.68. The molecule has 2 aromatic carbocycles. The molecule has 1 N–H and O–H groups in total. The topological polar surface area (TPSA) is 72.7 Å². The first-order valence-electron chi connectivity index (χ1n) is 9.42. The summed E-state index contributed by atoms with van der Waals surface area (Å²) in [5.41, 5.74) is 0.917. The molecule has 0 aliphatic rings. The van der Waals surface area contributed by atoms with Crippen LogP contribution in [0.2, 0.25) is 10.0 Å². The van der Waals surface area contributed by atoms with E-state index in [1.165, 1.54) is 53.7 Å². The van der Waals surface area contributed by atoms with E-state index in [2.05, 4.69) is 32.3 Å². The van der Waals surface area contributed by atoms with E-state index >= 15 is 0 Å². The van der Waals surface area contributed by atoms with Crippen LogP contribution in [0.25, 0.3) is 16.9 Å². The lowest BCUT2D eigenvalue weighted by atomic mass is 9.97. The third-order valence-electron chi connectivity index (χ3n) is 4.52. The second kappa shape index (κ2) is 9.36. The van der Waals surface area contributed by atoms with Crippen LogP contribution in [-0.2, 0) is 0 Å². The molecule has 0 aliphatic carbocycles. The summed E-state index contributed by atoms with van der Waals surface area (Å²) < 4.78 is 28.6. The van der Waals surface area contributed by atoms with Gasteiger partial charge < -0.3 is 5.32 Å². The van der Waals surface area contributed by atoms with E-state index in [4.69, 9.17) is 23.2 Å². The third-order valence-corrected chi connectivity index (χ3v) is 5.11. The first kappa shape index (κ1) is 22.4. The largest absolute Gasteiger partial charge is 0.320 e. The number of carbonyl (C=O) groups is 1. The van der Waals surface area contributed by atoms with Gasteiger partial charge in [-0.05, 0) is 37.3 Å². The van der Waals surface area contributed by atoms with Crippen molar-refractivity contribution in [1.82, 2.24) is 20.0 Å². The molecule has 33 heavy (non-hydrogen) atoms. The summed E-state index contributed by atoms with van der Waals surface area (Å²) in [6.07, 6.45) is 4.30. The number of rotatable bonds is 4. The minimum Gasteiger partial charge on any atom is -0.320 e. The van der Waals surface area contributed by atoms with Crippen molar-refractivity contribution >= 4 is 34.8 Å². The molecule has 0 saturated carbocycles. The van der Waals surface area contributed by atoms with Gasteiger partial charge >= 0.3 is 0 Å². The number of hydrogen-bond acceptors (Lipinski definition) is 4. The molecule has 0 bridgehead atoms. The van der Waals surface area contributed by atoms with Gasteiger partial charge in [0.1, 0.15) is 11.6 Å². The highest BCUT2D eigenvalue weighted by atomic mass is 35.5. The van der Waals surface area contributed by atoms with Crippen molar-refractivity contribution in [2.45, 2.75) is 6.92 Å². The molecule has 0 spiro atoms. The van der Waals surface area contributed by atoms with E-state index in [-0.39, 0.29) is 32.7 Å². The van der Waals surface area contributed by atoms with Crippen LogP contribution in [0.3, 0.4) is 0 Å². The molecule has 2 heterocycles. The molecular formula is C23H13Cl2F2N5O. The highest BCUT2D eigenvalue weighted by Gasteiger charge is 2.18. The van der Waals surface area contributed by atoms with E-state index in [1.54, 1.807) is 6.92 Å². The maximum atomic E-state index is 15.0. The quantitative estimate of drug-likeness (QED) is 0.387. The van der Waals surface area contributed by atoms with E-state index < -0.39 is 17.5 Å². The fourth-order valence-electron chi connectivity index (χ4n) is 3.09. The molecule has 0 aliphatic heterocycles. The first-order chi connectivity index (χ1) is 15.9. The average Bonchev–Trinajstić information content (AvgIpc) is 3.30. The van der Waals surface area contributed by atoms with Crippen molar-refractivity contribution in [2.24, 2.45) is 0 Å². The van der Waals surface area contributed by atoms with E-state index in [1.807, 2.05) is 0 Å². The average molecular weight is 484 g/mol. The number of nitrogens with zero attached hydrogens (tertiary/aromatic N) is 4. The highest BCUT2D eigenvalue weighted by molar-refractivity contribution is 6.35. The van der Waals surface area contributed by atoms with Crippen LogP contribution < -0.4 is 5.32 Å². The van der Waals surface area contributed by atoms with Gasteiger partial charge in [0.15, 0.2) is 5.82 Å². The molecule has 4 aromatic rings. The molecule has 0 radical (unpaired) electrons. The number of amides is 1. The summed E-state index contributed by atoms with van der Waals surface area (Å²) in [4.78, 5) is 18.1. The molecule has 2 aromatic heterocycles. The summed E-state index contributed by atoms with van der Waals surface area (Å²) in [6.45, 7) is 1.59. The smallest absolute Gasteiger partial charge is 0.257 e. The molecule has 4 rings (SSSR count). The van der Waals surface area contributed by atoms with Gasteiger partial charge in [0.2, 0.25) is 0 Å². The monoisotopic (exact) mass is 483 g/mol. The number of nitrogens with one attached hydrogen (secondary N) is 1. The second-order valence-corrected chi connectivity index (χ2v) is 7.49. The molecule has 1 amide bonds. The Hall–Kier alpha value is -3.80. The fraction of sp³-hybridized carbons (Fsp3) is 0.0435. The van der Waals surface area contributed by atoms with Crippen LogP contribution in [0.1, 0.15) is 22.8 Å². The van der Waals surface area contributed by atoms with Crippen molar-refractivity contribution in [3.8, 4) is 28.8 Å². The minimum absolute atomic E-state index is 0.0000463. The van der Waals surface area contributed by atoms with Gasteiger partial charge in [-0.25, -0.2) is 13.8 Å². The standard InChI is InChI=1S/C23H13Cl2F2N5O/c1-2-3-13-8-14(26)4-5-16(13)17-10-19(24)18(11-21(17)27)23(33)31-15-9-20(25)22(28-12-15)32-29-6-7-30-32/h4-12H,1H3,(H,31,33). The summed E-state index contributed by atoms with van der Waals surface area (Å²) in [5.74, 6) is 3.81. The van der Waals surface area contributed by atoms with Crippen molar-refractivity contribution < 1.29 is 13.6 Å². The van der Waals surface area contributed by atoms with Crippen LogP contribution in [0.15, 0.2) is 55.0 Å². The van der Waals surface area contributed by atoms with Crippen LogP contribution in [0.4, 0.5) is 14.5 Å². The minimum atomic E-state index is -0.716. The lowest BCUT2D eigenvalue weighted by Gasteiger charge is -2.12. The molecule has 164 valence electrons. The predicted octanol–water partition coefficient (Wildman–Crippen LogP) is 5.54. The number of benzene rings is 2. The van der Waals surface area contributed by atoms with Crippen LogP contribution >= 0.6 is 23.2 Å². The summed E-state index contributed by atoms with van der Waals surface area (Å²) in [6, 6.07) is 7.58. The van der Waals surface area contributed by atoms with Crippen molar-refractivity contribution in [2.75, 3.05) is 5.32 Å². The lowest BCUT2D eigenvalue weighted by molar-refractivity contribution is 0.102. The Balaban J connectivity index is 1.63. The third kappa shape index (κ3) is 4.70. The SMILES string of the molecule is CC#Cc1cc(F)ccc1-c1cc(Cl)c(C(=O)Nc2cnc(-n3nccn3)c(Cl)c2)cc1F.